The summed E-state index contributed by atoms with van der Waals surface area (Å²) < 4.78 is 0.327. The second-order valence-corrected chi connectivity index (χ2v) is 8.74. The van der Waals surface area contributed by atoms with Crippen molar-refractivity contribution < 1.29 is 24.3 Å². The molecule has 1 N–H and O–H groups in total. The monoisotopic (exact) mass is 407 g/mol. The van der Waals surface area contributed by atoms with Gasteiger partial charge in [0.1, 0.15) is 6.54 Å². The van der Waals surface area contributed by atoms with Crippen molar-refractivity contribution in [1.29, 1.82) is 0 Å². The van der Waals surface area contributed by atoms with Crippen molar-refractivity contribution in [2.45, 2.75) is 96.0 Å². The molecule has 0 spiro atoms. The number of hydrogen-bond donors (Lipinski definition) is 1. The van der Waals surface area contributed by atoms with Crippen LogP contribution in [-0.4, -0.2) is 54.6 Å². The molecule has 0 aromatic carbocycles. The molecule has 0 aromatic heterocycles. The number of rotatable bonds is 17. The summed E-state index contributed by atoms with van der Waals surface area (Å²) in [6.45, 7) is 2.31. The smallest absolute Gasteiger partial charge is 0.177 e. The van der Waals surface area contributed by atoms with Gasteiger partial charge in [-0.1, -0.05) is 71.1 Å². The van der Waals surface area contributed by atoms with Crippen LogP contribution in [0.3, 0.4) is 0 Å². The van der Waals surface area contributed by atoms with E-state index < -0.39 is 18.0 Å². The summed E-state index contributed by atoms with van der Waals surface area (Å²) in [5, 5.41) is 21.5. The first kappa shape index (κ1) is 28.6. The minimum Gasteiger partial charge on any atom is -0.550 e. The quantitative estimate of drug-likeness (QED) is 0.296. The minimum atomic E-state index is -1.82. The van der Waals surface area contributed by atoms with Crippen molar-refractivity contribution in [3.8, 4) is 0 Å². The van der Waals surface area contributed by atoms with E-state index in [4.69, 9.17) is 0 Å². The van der Waals surface area contributed by atoms with Crippen LogP contribution in [0.5, 0.6) is 0 Å². The average Bonchev–Trinajstić information content (AvgIpc) is 2.49. The van der Waals surface area contributed by atoms with Gasteiger partial charge in [-0.2, -0.15) is 0 Å². The number of aliphatic carboxylic acids is 1. The average molecular weight is 408 g/mol. The van der Waals surface area contributed by atoms with E-state index in [1.165, 1.54) is 51.4 Å². The van der Waals surface area contributed by atoms with Crippen LogP contribution in [0.2, 0.25) is 0 Å². The number of carboxylic acid groups (broad SMARTS) is 1. The summed E-state index contributed by atoms with van der Waals surface area (Å²) in [6, 6.07) is 0. The van der Waals surface area contributed by atoms with E-state index in [2.05, 4.69) is 6.92 Å². The Morgan fingerprint density at radius 3 is 1.63 bits per heavy atom. The Labute approximate surface area is 172 Å². The number of likely N-dealkylation sites (N-methyl/N-ethyl adjacent to an activating group) is 1. The van der Waals surface area contributed by atoms with E-state index in [-0.39, 0.29) is 31.2 Å². The van der Waals surface area contributed by atoms with Gasteiger partial charge in [-0.05, 0) is 6.42 Å². The second kappa shape index (κ2) is 15.3. The molecule has 0 saturated heterocycles. The predicted molar refractivity (Wildman–Crippen MR) is 111 cm³/mol. The zero-order valence-corrected chi connectivity index (χ0v) is 18.7. The summed E-state index contributed by atoms with van der Waals surface area (Å²) in [6.07, 6.45) is 12.7. The van der Waals surface area contributed by atoms with E-state index in [1.807, 2.05) is 21.1 Å². The highest BCUT2D eigenvalue weighted by Crippen LogP contribution is 2.20. The van der Waals surface area contributed by atoms with Crippen LogP contribution in [-0.2, 0) is 9.59 Å². The maximum absolute atomic E-state index is 12.4. The lowest BCUT2D eigenvalue weighted by Crippen LogP contribution is -2.56. The van der Waals surface area contributed by atoms with Crippen molar-refractivity contribution in [1.82, 2.24) is 0 Å². The number of unbranched alkanes of at least 4 members (excludes halogenated alkanes) is 10. The molecular formula is C21H42ClNO4. The third-order valence-corrected chi connectivity index (χ3v) is 4.70. The van der Waals surface area contributed by atoms with Gasteiger partial charge >= 0.3 is 0 Å². The molecule has 0 heterocycles. The van der Waals surface area contributed by atoms with Crippen LogP contribution in [0.4, 0.5) is 0 Å². The predicted octanol–water partition coefficient (Wildman–Crippen LogP) is 3.26. The number of carbonyl (C=O) groups is 2. The lowest BCUT2D eigenvalue weighted by Gasteiger charge is -2.34. The standard InChI is InChI=1S/C21H41NO4.ClH/c1-5-6-7-8-9-10-11-12-13-14-15-16-19(23)21(26,17-20(24)25)18-22(2,3)4;/h26H,5-18H2,1-4H3;1H. The van der Waals surface area contributed by atoms with E-state index in [1.54, 1.807) is 0 Å². The fraction of sp³-hybridized carbons (Fsp3) is 0.905. The molecule has 0 aliphatic carbocycles. The first-order valence-electron chi connectivity index (χ1n) is 10.4. The summed E-state index contributed by atoms with van der Waals surface area (Å²) in [4.78, 5) is 23.3. The fourth-order valence-corrected chi connectivity index (χ4v) is 3.45. The molecule has 0 amide bonds. The minimum absolute atomic E-state index is 0. The van der Waals surface area contributed by atoms with Gasteiger partial charge in [0.15, 0.2) is 11.4 Å². The molecule has 5 nitrogen and oxygen atoms in total. The number of ketones is 1. The van der Waals surface area contributed by atoms with Crippen molar-refractivity contribution in [2.75, 3.05) is 27.7 Å². The molecule has 6 heteroatoms. The van der Waals surface area contributed by atoms with Crippen molar-refractivity contribution in [3.63, 3.8) is 0 Å². The first-order valence-corrected chi connectivity index (χ1v) is 10.4. The van der Waals surface area contributed by atoms with Gasteiger partial charge in [0, 0.05) is 18.8 Å². The molecule has 162 valence electrons. The molecule has 0 fully saturated rings. The lowest BCUT2D eigenvalue weighted by atomic mass is 9.89. The van der Waals surface area contributed by atoms with E-state index in [0.29, 0.717) is 10.9 Å². The van der Waals surface area contributed by atoms with Gasteiger partial charge in [-0.3, -0.25) is 4.79 Å². The SMILES string of the molecule is CCCCCCCCCCCCCC(=O)C(O)(CC(=O)[O-])C[N+](C)(C)C.Cl. The highest BCUT2D eigenvalue weighted by atomic mass is 35.5. The van der Waals surface area contributed by atoms with Crippen molar-refractivity contribution >= 4 is 24.2 Å². The van der Waals surface area contributed by atoms with Crippen LogP contribution in [0.1, 0.15) is 90.4 Å². The number of carboxylic acids is 1. The number of hydrogen-bond acceptors (Lipinski definition) is 4. The maximum Gasteiger partial charge on any atom is 0.177 e. The zero-order chi connectivity index (χ0) is 20.1. The summed E-state index contributed by atoms with van der Waals surface area (Å²) in [5.41, 5.74) is -1.82. The van der Waals surface area contributed by atoms with E-state index in [0.717, 1.165) is 12.8 Å². The van der Waals surface area contributed by atoms with Gasteiger partial charge in [-0.15, -0.1) is 12.4 Å². The Bertz CT molecular complexity index is 409. The molecule has 0 radical (unpaired) electrons. The number of nitrogens with zero attached hydrogens (tertiary/aromatic N) is 1. The van der Waals surface area contributed by atoms with Crippen LogP contribution in [0.15, 0.2) is 0 Å². The molecule has 0 aliphatic rings. The third-order valence-electron chi connectivity index (χ3n) is 4.70. The number of aliphatic hydroxyl groups is 1. The van der Waals surface area contributed by atoms with Crippen molar-refractivity contribution in [3.05, 3.63) is 0 Å². The third kappa shape index (κ3) is 16.0. The molecule has 27 heavy (non-hydrogen) atoms. The molecule has 0 bridgehead atoms. The molecule has 0 saturated carbocycles. The highest BCUT2D eigenvalue weighted by molar-refractivity contribution is 5.90. The Morgan fingerprint density at radius 2 is 1.26 bits per heavy atom. The second-order valence-electron chi connectivity index (χ2n) is 8.74. The van der Waals surface area contributed by atoms with Crippen LogP contribution < -0.4 is 5.11 Å². The Kier molecular flexibility index (Phi) is 16.2. The van der Waals surface area contributed by atoms with Crippen LogP contribution in [0.25, 0.3) is 0 Å². The molecule has 0 aromatic rings. The summed E-state index contributed by atoms with van der Waals surface area (Å²) in [7, 11) is 5.49. The van der Waals surface area contributed by atoms with Crippen molar-refractivity contribution in [2.24, 2.45) is 0 Å². The Morgan fingerprint density at radius 1 is 0.852 bits per heavy atom. The van der Waals surface area contributed by atoms with Gasteiger partial charge in [-0.25, -0.2) is 0 Å². The topological polar surface area (TPSA) is 77.4 Å². The largest absolute Gasteiger partial charge is 0.550 e. The maximum atomic E-state index is 12.4. The van der Waals surface area contributed by atoms with Crippen LogP contribution >= 0.6 is 12.4 Å². The van der Waals surface area contributed by atoms with E-state index >= 15 is 0 Å². The van der Waals surface area contributed by atoms with Crippen LogP contribution in [0, 0.1) is 0 Å². The van der Waals surface area contributed by atoms with Gasteiger partial charge < -0.3 is 19.5 Å². The summed E-state index contributed by atoms with van der Waals surface area (Å²) >= 11 is 0. The van der Waals surface area contributed by atoms with Gasteiger partial charge in [0.05, 0.1) is 21.1 Å². The Hall–Kier alpha value is -0.650. The zero-order valence-electron chi connectivity index (χ0n) is 17.9. The normalized spacial score (nSPS) is 13.7. The lowest BCUT2D eigenvalue weighted by molar-refractivity contribution is -0.875. The number of carbonyl (C=O) groups excluding carboxylic acids is 2. The molecular weight excluding hydrogens is 366 g/mol. The van der Waals surface area contributed by atoms with Gasteiger partial charge in [0.25, 0.3) is 0 Å². The molecule has 1 unspecified atom stereocenters. The first-order chi connectivity index (χ1) is 12.1. The van der Waals surface area contributed by atoms with E-state index in [9.17, 15) is 19.8 Å². The number of quaternary nitrogens is 1. The molecule has 0 rings (SSSR count). The fourth-order valence-electron chi connectivity index (χ4n) is 3.45. The van der Waals surface area contributed by atoms with Gasteiger partial charge in [0.2, 0.25) is 0 Å². The molecule has 0 aliphatic heterocycles. The number of halogens is 1. The Balaban J connectivity index is 0. The number of Topliss-reactive ketones (excluding diaryl/α,β-unsaturated/α-hetero) is 1. The highest BCUT2D eigenvalue weighted by Gasteiger charge is 2.40. The molecule has 1 atom stereocenters. The summed E-state index contributed by atoms with van der Waals surface area (Å²) in [5.74, 6) is -1.75.